The normalized spacial score (nSPS) is 10.5. The molecule has 2 aromatic heterocycles. The molecule has 8 nitrogen and oxygen atoms in total. The lowest BCUT2D eigenvalue weighted by Crippen LogP contribution is -2.12. The van der Waals surface area contributed by atoms with E-state index in [1.165, 1.54) is 12.3 Å². The summed E-state index contributed by atoms with van der Waals surface area (Å²) in [4.78, 5) is 23.8. The molecule has 4 aromatic rings. The van der Waals surface area contributed by atoms with E-state index in [4.69, 9.17) is 16.2 Å². The molecule has 8 heteroatoms. The number of nitrogens with zero attached hydrogens (tertiary/aromatic N) is 3. The summed E-state index contributed by atoms with van der Waals surface area (Å²) in [7, 11) is 0. The summed E-state index contributed by atoms with van der Waals surface area (Å²) in [6.45, 7) is 2.02. The first-order valence-electron chi connectivity index (χ1n) is 9.49. The predicted molar refractivity (Wildman–Crippen MR) is 119 cm³/mol. The number of aromatic nitrogens is 3. The Labute approximate surface area is 178 Å². The number of hydrogen-bond donors (Lipinski definition) is 3. The number of aryl methyl sites for hydroxylation is 1. The van der Waals surface area contributed by atoms with E-state index in [9.17, 15) is 4.79 Å². The molecule has 5 N–H and O–H groups in total. The van der Waals surface area contributed by atoms with E-state index in [0.29, 0.717) is 17.3 Å². The van der Waals surface area contributed by atoms with Gasteiger partial charge in [0, 0.05) is 35.6 Å². The van der Waals surface area contributed by atoms with Crippen LogP contribution in [0, 0.1) is 6.92 Å². The van der Waals surface area contributed by atoms with Crippen molar-refractivity contribution in [1.29, 1.82) is 0 Å². The molecular formula is C23H20N6O2. The van der Waals surface area contributed by atoms with E-state index in [1.807, 2.05) is 49.4 Å². The lowest BCUT2D eigenvalue weighted by atomic mass is 10.1. The smallest absolute Gasteiger partial charge is 0.267 e. The van der Waals surface area contributed by atoms with Gasteiger partial charge < -0.3 is 21.5 Å². The fourth-order valence-electron chi connectivity index (χ4n) is 3.01. The van der Waals surface area contributed by atoms with Gasteiger partial charge in [-0.3, -0.25) is 9.78 Å². The number of rotatable bonds is 6. The Kier molecular flexibility index (Phi) is 5.44. The summed E-state index contributed by atoms with van der Waals surface area (Å²) in [6, 6.07) is 20.3. The third kappa shape index (κ3) is 4.94. The minimum absolute atomic E-state index is 0.131. The highest BCUT2D eigenvalue weighted by atomic mass is 16.5. The summed E-state index contributed by atoms with van der Waals surface area (Å²) in [5.41, 5.74) is 14.9. The molecule has 4 rings (SSSR count). The molecule has 0 saturated heterocycles. The van der Waals surface area contributed by atoms with Crippen molar-refractivity contribution in [3.05, 3.63) is 84.2 Å². The van der Waals surface area contributed by atoms with Crippen molar-refractivity contribution in [2.75, 3.05) is 11.1 Å². The maximum atomic E-state index is 11.3. The number of amides is 1. The zero-order valence-electron chi connectivity index (χ0n) is 16.7. The van der Waals surface area contributed by atoms with E-state index in [2.05, 4.69) is 20.3 Å². The number of pyridine rings is 1. The Morgan fingerprint density at radius 3 is 2.58 bits per heavy atom. The zero-order valence-corrected chi connectivity index (χ0v) is 16.7. The highest BCUT2D eigenvalue weighted by Crippen LogP contribution is 2.27. The number of nitrogens with one attached hydrogen (secondary N) is 1. The molecule has 0 spiro atoms. The largest absolute Gasteiger partial charge is 0.457 e. The minimum Gasteiger partial charge on any atom is -0.457 e. The average molecular weight is 412 g/mol. The Balaban J connectivity index is 1.57. The van der Waals surface area contributed by atoms with Gasteiger partial charge in [-0.05, 0) is 31.2 Å². The maximum absolute atomic E-state index is 11.3. The van der Waals surface area contributed by atoms with Gasteiger partial charge in [-0.15, -0.1) is 0 Å². The molecule has 0 atom stereocenters. The molecule has 0 radical (unpaired) electrons. The highest BCUT2D eigenvalue weighted by molar-refractivity contribution is 5.91. The number of ether oxygens (including phenoxy) is 1. The molecule has 2 aromatic carbocycles. The number of nitrogens with two attached hydrogens (primary N) is 2. The van der Waals surface area contributed by atoms with Crippen molar-refractivity contribution in [3.63, 3.8) is 0 Å². The van der Waals surface area contributed by atoms with Gasteiger partial charge in [0.1, 0.15) is 23.0 Å². The molecule has 31 heavy (non-hydrogen) atoms. The lowest BCUT2D eigenvalue weighted by Gasteiger charge is -2.11. The Morgan fingerprint density at radius 1 is 0.968 bits per heavy atom. The van der Waals surface area contributed by atoms with Crippen molar-refractivity contribution in [1.82, 2.24) is 15.0 Å². The van der Waals surface area contributed by atoms with Crippen molar-refractivity contribution < 1.29 is 9.53 Å². The second kappa shape index (κ2) is 8.50. The molecule has 0 fully saturated rings. The topological polar surface area (TPSA) is 129 Å². The van der Waals surface area contributed by atoms with E-state index in [0.717, 1.165) is 22.5 Å². The van der Waals surface area contributed by atoms with Crippen LogP contribution in [-0.4, -0.2) is 20.9 Å². The zero-order chi connectivity index (χ0) is 21.8. The Hall–Kier alpha value is -4.46. The first kappa shape index (κ1) is 19.8. The van der Waals surface area contributed by atoms with E-state index < -0.39 is 5.91 Å². The summed E-state index contributed by atoms with van der Waals surface area (Å²) in [5.74, 6) is 1.12. The summed E-state index contributed by atoms with van der Waals surface area (Å²) < 4.78 is 5.83. The van der Waals surface area contributed by atoms with Crippen LogP contribution < -0.4 is 21.5 Å². The Morgan fingerprint density at radius 2 is 1.77 bits per heavy atom. The van der Waals surface area contributed by atoms with Gasteiger partial charge in [0.2, 0.25) is 5.95 Å². The van der Waals surface area contributed by atoms with Gasteiger partial charge in [-0.25, -0.2) is 4.98 Å². The first-order valence-corrected chi connectivity index (χ1v) is 9.49. The second-order valence-electron chi connectivity index (χ2n) is 6.86. The quantitative estimate of drug-likeness (QED) is 0.435. The van der Waals surface area contributed by atoms with Gasteiger partial charge in [-0.2, -0.15) is 4.98 Å². The number of primary amides is 1. The third-order valence-electron chi connectivity index (χ3n) is 4.38. The monoisotopic (exact) mass is 412 g/mol. The van der Waals surface area contributed by atoms with Crippen LogP contribution in [0.4, 0.5) is 17.5 Å². The van der Waals surface area contributed by atoms with Crippen LogP contribution in [0.15, 0.2) is 72.9 Å². The summed E-state index contributed by atoms with van der Waals surface area (Å²) in [5, 5.41) is 3.23. The Bertz CT molecular complexity index is 1260. The number of nitrogen functional groups attached to an aromatic ring is 1. The van der Waals surface area contributed by atoms with Crippen LogP contribution in [0.5, 0.6) is 11.5 Å². The molecule has 0 saturated carbocycles. The first-order chi connectivity index (χ1) is 15.0. The van der Waals surface area contributed by atoms with Crippen molar-refractivity contribution >= 4 is 23.4 Å². The second-order valence-corrected chi connectivity index (χ2v) is 6.86. The number of hydrogen-bond acceptors (Lipinski definition) is 7. The molecule has 1 amide bonds. The standard InChI is InChI=1S/C23H20N6O2/c1-14-4-2-5-15(10-14)19-13-21(29-23(25)28-19)27-16-6-3-7-17(11-16)31-18-8-9-26-20(12-18)22(24)30/h2-13H,1H3,(H2,24,30)(H3,25,27,28,29). The molecule has 0 aliphatic heterocycles. The SMILES string of the molecule is Cc1cccc(-c2cc(Nc3cccc(Oc4ccnc(C(N)=O)c4)c3)nc(N)n2)c1. The van der Waals surface area contributed by atoms with Gasteiger partial charge in [0.25, 0.3) is 5.91 Å². The van der Waals surface area contributed by atoms with Crippen molar-refractivity contribution in [2.24, 2.45) is 5.73 Å². The molecule has 154 valence electrons. The van der Waals surface area contributed by atoms with Gasteiger partial charge in [-0.1, -0.05) is 29.8 Å². The van der Waals surface area contributed by atoms with Gasteiger partial charge in [0.15, 0.2) is 0 Å². The molecule has 0 aliphatic carbocycles. The third-order valence-corrected chi connectivity index (χ3v) is 4.38. The number of benzene rings is 2. The number of anilines is 3. The fourth-order valence-corrected chi connectivity index (χ4v) is 3.01. The van der Waals surface area contributed by atoms with Crippen LogP contribution in [0.2, 0.25) is 0 Å². The molecule has 0 unspecified atom stereocenters. The highest BCUT2D eigenvalue weighted by Gasteiger charge is 2.08. The van der Waals surface area contributed by atoms with Crippen molar-refractivity contribution in [3.8, 4) is 22.8 Å². The number of carbonyl (C=O) groups is 1. The van der Waals surface area contributed by atoms with Gasteiger partial charge >= 0.3 is 0 Å². The van der Waals surface area contributed by atoms with Crippen LogP contribution >= 0.6 is 0 Å². The molecule has 0 bridgehead atoms. The molecular weight excluding hydrogens is 392 g/mol. The maximum Gasteiger partial charge on any atom is 0.267 e. The summed E-state index contributed by atoms with van der Waals surface area (Å²) >= 11 is 0. The number of carbonyl (C=O) groups excluding carboxylic acids is 1. The predicted octanol–water partition coefficient (Wildman–Crippen LogP) is 4.06. The van der Waals surface area contributed by atoms with Crippen LogP contribution in [-0.2, 0) is 0 Å². The molecule has 2 heterocycles. The lowest BCUT2D eigenvalue weighted by molar-refractivity contribution is 0.0995. The minimum atomic E-state index is -0.619. The van der Waals surface area contributed by atoms with Crippen LogP contribution in [0.3, 0.4) is 0 Å². The van der Waals surface area contributed by atoms with E-state index in [-0.39, 0.29) is 11.6 Å². The van der Waals surface area contributed by atoms with Crippen molar-refractivity contribution in [2.45, 2.75) is 6.92 Å². The van der Waals surface area contributed by atoms with Crippen LogP contribution in [0.25, 0.3) is 11.3 Å². The van der Waals surface area contributed by atoms with Gasteiger partial charge in [0.05, 0.1) is 5.69 Å². The summed E-state index contributed by atoms with van der Waals surface area (Å²) in [6.07, 6.45) is 1.47. The average Bonchev–Trinajstić information content (AvgIpc) is 2.74. The molecule has 0 aliphatic rings. The van der Waals surface area contributed by atoms with Crippen LogP contribution in [0.1, 0.15) is 16.1 Å². The van der Waals surface area contributed by atoms with E-state index in [1.54, 1.807) is 18.2 Å². The van der Waals surface area contributed by atoms with E-state index >= 15 is 0 Å². The fraction of sp³-hybridized carbons (Fsp3) is 0.0435.